The van der Waals surface area contributed by atoms with E-state index in [1.54, 1.807) is 0 Å². The fourth-order valence-corrected chi connectivity index (χ4v) is 6.63. The second kappa shape index (κ2) is 30.3. The molecule has 3 heteroatoms. The van der Waals surface area contributed by atoms with Crippen LogP contribution in [-0.4, -0.2) is 35.6 Å². The van der Waals surface area contributed by atoms with Gasteiger partial charge < -0.3 is 4.90 Å². The van der Waals surface area contributed by atoms with Crippen molar-refractivity contribution < 1.29 is 0 Å². The standard InChI is InChI=1S/C37H74N2S/c1-3-5-7-9-11-13-15-17-18-19-20-22-24-26-28-30-36(40)32-34-39-35-33-38-37(39)31-29-27-25-23-21-16-14-12-10-8-6-4-2/h36,40H,3-35H2,1-2H3. The fraction of sp³-hybridized carbons (Fsp3) is 0.973. The lowest BCUT2D eigenvalue weighted by atomic mass is 10.0. The molecular formula is C37H74N2S. The third-order valence-electron chi connectivity index (χ3n) is 9.16. The average molecular weight is 579 g/mol. The van der Waals surface area contributed by atoms with Gasteiger partial charge >= 0.3 is 0 Å². The van der Waals surface area contributed by atoms with Gasteiger partial charge in [0.2, 0.25) is 0 Å². The van der Waals surface area contributed by atoms with E-state index in [4.69, 9.17) is 17.6 Å². The molecule has 0 amide bonds. The van der Waals surface area contributed by atoms with Crippen molar-refractivity contribution in [2.75, 3.05) is 19.6 Å². The highest BCUT2D eigenvalue weighted by atomic mass is 32.1. The van der Waals surface area contributed by atoms with E-state index in [2.05, 4.69) is 18.7 Å². The highest BCUT2D eigenvalue weighted by molar-refractivity contribution is 7.80. The molecule has 1 heterocycles. The van der Waals surface area contributed by atoms with E-state index in [-0.39, 0.29) is 0 Å². The van der Waals surface area contributed by atoms with Gasteiger partial charge in [-0.05, 0) is 19.3 Å². The van der Waals surface area contributed by atoms with Gasteiger partial charge in [-0.2, -0.15) is 12.6 Å². The molecule has 0 saturated heterocycles. The van der Waals surface area contributed by atoms with Crippen LogP contribution in [0, 0.1) is 0 Å². The largest absolute Gasteiger partial charge is 0.358 e. The van der Waals surface area contributed by atoms with Gasteiger partial charge in [0.15, 0.2) is 0 Å². The summed E-state index contributed by atoms with van der Waals surface area (Å²) in [7, 11) is 0. The molecule has 0 N–H and O–H groups in total. The lowest BCUT2D eigenvalue weighted by Crippen LogP contribution is -2.30. The first-order valence-electron chi connectivity index (χ1n) is 18.7. The third-order valence-corrected chi connectivity index (χ3v) is 9.67. The van der Waals surface area contributed by atoms with E-state index >= 15 is 0 Å². The van der Waals surface area contributed by atoms with Crippen LogP contribution in [0.15, 0.2) is 4.99 Å². The Morgan fingerprint density at radius 1 is 0.525 bits per heavy atom. The molecule has 0 aliphatic carbocycles. The van der Waals surface area contributed by atoms with E-state index in [9.17, 15) is 0 Å². The number of hydrogen-bond donors (Lipinski definition) is 1. The number of nitrogens with zero attached hydrogens (tertiary/aromatic N) is 2. The molecule has 1 atom stereocenters. The van der Waals surface area contributed by atoms with Gasteiger partial charge in [0.1, 0.15) is 0 Å². The maximum Gasteiger partial charge on any atom is 0.0990 e. The molecule has 1 aliphatic rings. The maximum atomic E-state index is 4.94. The first kappa shape index (κ1) is 37.8. The number of amidine groups is 1. The Kier molecular flexibility index (Phi) is 28.7. The van der Waals surface area contributed by atoms with Crippen LogP contribution in [0.1, 0.15) is 206 Å². The van der Waals surface area contributed by atoms with Crippen molar-refractivity contribution in [3.05, 3.63) is 0 Å². The van der Waals surface area contributed by atoms with Gasteiger partial charge in [0.05, 0.1) is 12.4 Å². The molecule has 0 bridgehead atoms. The maximum absolute atomic E-state index is 4.94. The Hall–Kier alpha value is -0.180. The van der Waals surface area contributed by atoms with Gasteiger partial charge in [0, 0.05) is 24.8 Å². The predicted octanol–water partition coefficient (Wildman–Crippen LogP) is 12.7. The molecule has 40 heavy (non-hydrogen) atoms. The van der Waals surface area contributed by atoms with Crippen molar-refractivity contribution in [2.24, 2.45) is 4.99 Å². The van der Waals surface area contributed by atoms with E-state index < -0.39 is 0 Å². The Balaban J connectivity index is 1.86. The van der Waals surface area contributed by atoms with E-state index in [0.29, 0.717) is 5.25 Å². The van der Waals surface area contributed by atoms with Gasteiger partial charge in [-0.3, -0.25) is 4.99 Å². The third kappa shape index (κ3) is 24.4. The van der Waals surface area contributed by atoms with Crippen molar-refractivity contribution in [1.82, 2.24) is 4.90 Å². The zero-order chi connectivity index (χ0) is 28.8. The highest BCUT2D eigenvalue weighted by Gasteiger charge is 2.17. The average Bonchev–Trinajstić information content (AvgIpc) is 3.41. The molecule has 0 radical (unpaired) electrons. The summed E-state index contributed by atoms with van der Waals surface area (Å²) in [5.74, 6) is 1.40. The summed E-state index contributed by atoms with van der Waals surface area (Å²) >= 11 is 4.94. The molecule has 1 unspecified atom stereocenters. The summed E-state index contributed by atoms with van der Waals surface area (Å²) in [4.78, 5) is 7.42. The number of rotatable bonds is 32. The minimum Gasteiger partial charge on any atom is -0.358 e. The minimum absolute atomic E-state index is 0.565. The number of thiol groups is 1. The van der Waals surface area contributed by atoms with Crippen molar-refractivity contribution in [3.8, 4) is 0 Å². The van der Waals surface area contributed by atoms with Gasteiger partial charge in [0.25, 0.3) is 0 Å². The van der Waals surface area contributed by atoms with Crippen molar-refractivity contribution in [3.63, 3.8) is 0 Å². The summed E-state index contributed by atoms with van der Waals surface area (Å²) in [6, 6.07) is 0. The first-order valence-corrected chi connectivity index (χ1v) is 19.3. The summed E-state index contributed by atoms with van der Waals surface area (Å²) in [6.07, 6.45) is 42.4. The van der Waals surface area contributed by atoms with Crippen LogP contribution < -0.4 is 0 Å². The van der Waals surface area contributed by atoms with Crippen molar-refractivity contribution in [1.29, 1.82) is 0 Å². The zero-order valence-electron chi connectivity index (χ0n) is 27.8. The first-order chi connectivity index (χ1) is 19.8. The Bertz CT molecular complexity index is 534. The highest BCUT2D eigenvalue weighted by Crippen LogP contribution is 2.19. The second-order valence-electron chi connectivity index (χ2n) is 13.1. The van der Waals surface area contributed by atoms with Crippen molar-refractivity contribution >= 4 is 18.5 Å². The topological polar surface area (TPSA) is 15.6 Å². The summed E-state index contributed by atoms with van der Waals surface area (Å²) in [5.41, 5.74) is 0. The molecule has 0 saturated carbocycles. The number of unbranched alkanes of at least 4 members (excludes halogenated alkanes) is 25. The predicted molar refractivity (Wildman–Crippen MR) is 187 cm³/mol. The molecule has 0 aromatic heterocycles. The minimum atomic E-state index is 0.565. The SMILES string of the molecule is CCCCCCCCCCCCCCCCCC(S)CCN1CCN=C1CCCCCCCCCCCCCC. The molecule has 0 aromatic rings. The van der Waals surface area contributed by atoms with Crippen LogP contribution in [0.3, 0.4) is 0 Å². The Morgan fingerprint density at radius 3 is 1.32 bits per heavy atom. The van der Waals surface area contributed by atoms with Crippen LogP contribution >= 0.6 is 12.6 Å². The van der Waals surface area contributed by atoms with Crippen LogP contribution in [0.5, 0.6) is 0 Å². The zero-order valence-corrected chi connectivity index (χ0v) is 28.6. The van der Waals surface area contributed by atoms with Crippen LogP contribution in [0.25, 0.3) is 0 Å². The van der Waals surface area contributed by atoms with Crippen LogP contribution in [0.2, 0.25) is 0 Å². The van der Waals surface area contributed by atoms with Gasteiger partial charge in [-0.1, -0.05) is 181 Å². The fourth-order valence-electron chi connectivity index (χ4n) is 6.33. The summed E-state index contributed by atoms with van der Waals surface area (Å²) < 4.78 is 0. The van der Waals surface area contributed by atoms with Gasteiger partial charge in [-0.25, -0.2) is 0 Å². The van der Waals surface area contributed by atoms with E-state index in [0.717, 1.165) is 13.1 Å². The molecule has 2 nitrogen and oxygen atoms in total. The van der Waals surface area contributed by atoms with Crippen LogP contribution in [-0.2, 0) is 0 Å². The molecule has 1 rings (SSSR count). The number of aliphatic imine (C=N–C) groups is 1. The molecule has 1 aliphatic heterocycles. The van der Waals surface area contributed by atoms with Crippen LogP contribution in [0.4, 0.5) is 0 Å². The molecule has 0 fully saturated rings. The molecular weight excluding hydrogens is 504 g/mol. The lowest BCUT2D eigenvalue weighted by Gasteiger charge is -2.22. The number of hydrogen-bond acceptors (Lipinski definition) is 3. The second-order valence-corrected chi connectivity index (χ2v) is 13.8. The molecule has 238 valence electrons. The van der Waals surface area contributed by atoms with Crippen molar-refractivity contribution in [2.45, 2.75) is 212 Å². The normalized spacial score (nSPS) is 14.3. The summed E-state index contributed by atoms with van der Waals surface area (Å²) in [5, 5.41) is 0.565. The lowest BCUT2D eigenvalue weighted by molar-refractivity contribution is 0.425. The van der Waals surface area contributed by atoms with Gasteiger partial charge in [-0.15, -0.1) is 0 Å². The quantitative estimate of drug-likeness (QED) is 0.0620. The monoisotopic (exact) mass is 579 g/mol. The molecule has 0 spiro atoms. The smallest absolute Gasteiger partial charge is 0.0990 e. The summed E-state index contributed by atoms with van der Waals surface area (Å²) in [6.45, 7) is 7.94. The molecule has 0 aromatic carbocycles. The van der Waals surface area contributed by atoms with E-state index in [1.165, 1.54) is 205 Å². The Labute approximate surface area is 259 Å². The Morgan fingerprint density at radius 2 is 0.900 bits per heavy atom. The van der Waals surface area contributed by atoms with E-state index in [1.807, 2.05) is 0 Å².